The van der Waals surface area contributed by atoms with Crippen molar-refractivity contribution in [1.29, 1.82) is 0 Å². The molecule has 0 aliphatic carbocycles. The van der Waals surface area contributed by atoms with Crippen molar-refractivity contribution < 1.29 is 22.7 Å². The zero-order valence-electron chi connectivity index (χ0n) is 19.7. The number of aliphatic hydroxyl groups is 1. The summed E-state index contributed by atoms with van der Waals surface area (Å²) in [5, 5.41) is 11.8. The Bertz CT molecular complexity index is 1270. The van der Waals surface area contributed by atoms with Gasteiger partial charge >= 0.3 is 0 Å². The summed E-state index contributed by atoms with van der Waals surface area (Å²) in [7, 11) is -3.10. The number of benzene rings is 2. The lowest BCUT2D eigenvalue weighted by Crippen LogP contribution is -2.42. The summed E-state index contributed by atoms with van der Waals surface area (Å²) in [6.07, 6.45) is -0.295. The largest absolute Gasteiger partial charge is 0.491 e. The van der Waals surface area contributed by atoms with Crippen LogP contribution in [0.5, 0.6) is 5.75 Å². The van der Waals surface area contributed by atoms with Gasteiger partial charge in [0, 0.05) is 23.2 Å². The summed E-state index contributed by atoms with van der Waals surface area (Å²) >= 11 is 12.4. The van der Waals surface area contributed by atoms with E-state index in [0.29, 0.717) is 45.8 Å². The Morgan fingerprint density at radius 1 is 1.11 bits per heavy atom. The molecule has 1 aliphatic heterocycles. The molecule has 1 aliphatic rings. The Labute approximate surface area is 216 Å². The van der Waals surface area contributed by atoms with Crippen molar-refractivity contribution in [2.45, 2.75) is 39.0 Å². The molecular weight excluding hydrogens is 509 g/mol. The summed E-state index contributed by atoms with van der Waals surface area (Å²) in [4.78, 5) is 1.96. The minimum absolute atomic E-state index is 0.0609. The summed E-state index contributed by atoms with van der Waals surface area (Å²) in [6.45, 7) is 4.68. The number of hydrogen-bond acceptors (Lipinski definition) is 6. The molecule has 2 unspecified atom stereocenters. The number of rotatable bonds is 9. The van der Waals surface area contributed by atoms with Gasteiger partial charge in [0.2, 0.25) is 0 Å². The number of nitrogens with zero attached hydrogens (tertiary/aromatic N) is 1. The predicted molar refractivity (Wildman–Crippen MR) is 139 cm³/mol. The first-order valence-electron chi connectivity index (χ1n) is 11.5. The Kier molecular flexibility index (Phi) is 8.13. The maximum absolute atomic E-state index is 12.2. The van der Waals surface area contributed by atoms with Crippen molar-refractivity contribution in [2.24, 2.45) is 0 Å². The summed E-state index contributed by atoms with van der Waals surface area (Å²) < 4.78 is 36.2. The monoisotopic (exact) mass is 537 g/mol. The number of aliphatic hydroxyl groups excluding tert-OH is 1. The van der Waals surface area contributed by atoms with Crippen molar-refractivity contribution in [3.05, 3.63) is 75.5 Å². The molecule has 2 atom stereocenters. The second-order valence-electron chi connectivity index (χ2n) is 9.16. The van der Waals surface area contributed by atoms with E-state index in [2.05, 4.69) is 6.07 Å². The zero-order valence-corrected chi connectivity index (χ0v) is 22.0. The lowest BCUT2D eigenvalue weighted by Gasteiger charge is -2.29. The van der Waals surface area contributed by atoms with Gasteiger partial charge in [-0.25, -0.2) is 8.42 Å². The van der Waals surface area contributed by atoms with Gasteiger partial charge in [-0.1, -0.05) is 29.3 Å². The molecule has 0 bridgehead atoms. The lowest BCUT2D eigenvalue weighted by atomic mass is 10.1. The normalized spacial score (nSPS) is 18.2. The van der Waals surface area contributed by atoms with Crippen molar-refractivity contribution in [3.8, 4) is 17.1 Å². The smallest absolute Gasteiger partial charge is 0.151 e. The molecule has 6 nitrogen and oxygen atoms in total. The van der Waals surface area contributed by atoms with Gasteiger partial charge in [-0.2, -0.15) is 0 Å². The third-order valence-electron chi connectivity index (χ3n) is 6.02. The van der Waals surface area contributed by atoms with Gasteiger partial charge in [0.25, 0.3) is 0 Å². The van der Waals surface area contributed by atoms with Crippen molar-refractivity contribution in [3.63, 3.8) is 0 Å². The highest BCUT2D eigenvalue weighted by Gasteiger charge is 2.33. The van der Waals surface area contributed by atoms with E-state index < -0.39 is 15.9 Å². The summed E-state index contributed by atoms with van der Waals surface area (Å²) in [5.74, 6) is 2.12. The fraction of sp³-hybridized carbons (Fsp3) is 0.385. The maximum atomic E-state index is 12.2. The molecule has 3 aromatic rings. The first-order chi connectivity index (χ1) is 16.6. The summed E-state index contributed by atoms with van der Waals surface area (Å²) in [6, 6.07) is 14.5. The standard InChI is InChI=1S/C26H29Cl2NO5S/c1-17-9-18(2)11-23(10-17)33-15-21(30)13-29(20-7-8-35(31,32)16-20)14-22-4-6-26(34-22)24-12-19(27)3-5-25(24)28/h3-6,9-12,20-21,30H,7-8,13-16H2,1-2H3. The van der Waals surface area contributed by atoms with E-state index in [1.54, 1.807) is 18.2 Å². The second-order valence-corrected chi connectivity index (χ2v) is 12.2. The molecule has 0 saturated carbocycles. The van der Waals surface area contributed by atoms with Crippen molar-refractivity contribution in [1.82, 2.24) is 4.90 Å². The van der Waals surface area contributed by atoms with Crippen LogP contribution in [0, 0.1) is 13.8 Å². The number of aryl methyl sites for hydroxylation is 2. The van der Waals surface area contributed by atoms with Crippen LogP contribution in [-0.2, 0) is 16.4 Å². The van der Waals surface area contributed by atoms with Gasteiger partial charge in [0.1, 0.15) is 30.0 Å². The molecule has 188 valence electrons. The number of halogens is 2. The molecule has 2 aromatic carbocycles. The third kappa shape index (κ3) is 7.02. The fourth-order valence-corrected chi connectivity index (χ4v) is 6.58. The quantitative estimate of drug-likeness (QED) is 0.399. The third-order valence-corrected chi connectivity index (χ3v) is 8.34. The molecular formula is C26H29Cl2NO5S. The average Bonchev–Trinajstić information content (AvgIpc) is 3.39. The number of ether oxygens (including phenoxy) is 1. The SMILES string of the molecule is Cc1cc(C)cc(OCC(O)CN(Cc2ccc(-c3cc(Cl)ccc3Cl)o2)C2CCS(=O)(=O)C2)c1. The molecule has 9 heteroatoms. The van der Waals surface area contributed by atoms with Crippen LogP contribution in [0.1, 0.15) is 23.3 Å². The molecule has 1 saturated heterocycles. The minimum Gasteiger partial charge on any atom is -0.491 e. The van der Waals surface area contributed by atoms with Crippen molar-refractivity contribution >= 4 is 33.0 Å². The van der Waals surface area contributed by atoms with Crippen LogP contribution in [0.4, 0.5) is 0 Å². The van der Waals surface area contributed by atoms with E-state index >= 15 is 0 Å². The zero-order chi connectivity index (χ0) is 25.2. The van der Waals surface area contributed by atoms with E-state index in [-0.39, 0.29) is 30.7 Å². The summed E-state index contributed by atoms with van der Waals surface area (Å²) in [5.41, 5.74) is 2.85. The molecule has 0 spiro atoms. The lowest BCUT2D eigenvalue weighted by molar-refractivity contribution is 0.0497. The van der Waals surface area contributed by atoms with Crippen LogP contribution >= 0.6 is 23.2 Å². The molecule has 0 amide bonds. The highest BCUT2D eigenvalue weighted by molar-refractivity contribution is 7.91. The molecule has 1 fully saturated rings. The van der Waals surface area contributed by atoms with Gasteiger partial charge in [-0.3, -0.25) is 4.90 Å². The predicted octanol–water partition coefficient (Wildman–Crippen LogP) is 5.30. The molecule has 0 radical (unpaired) electrons. The first-order valence-corrected chi connectivity index (χ1v) is 14.0. The fourth-order valence-electron chi connectivity index (χ4n) is 4.43. The minimum atomic E-state index is -3.10. The Morgan fingerprint density at radius 2 is 1.86 bits per heavy atom. The van der Waals surface area contributed by atoms with Crippen molar-refractivity contribution in [2.75, 3.05) is 24.7 Å². The van der Waals surface area contributed by atoms with Gasteiger partial charge in [0.15, 0.2) is 9.84 Å². The van der Waals surface area contributed by atoms with Crippen LogP contribution in [0.3, 0.4) is 0 Å². The molecule has 35 heavy (non-hydrogen) atoms. The topological polar surface area (TPSA) is 80.0 Å². The van der Waals surface area contributed by atoms with Crippen LogP contribution in [0.15, 0.2) is 52.9 Å². The number of sulfone groups is 1. The highest BCUT2D eigenvalue weighted by atomic mass is 35.5. The average molecular weight is 538 g/mol. The van der Waals surface area contributed by atoms with Crippen LogP contribution < -0.4 is 4.74 Å². The van der Waals surface area contributed by atoms with Crippen LogP contribution in [0.25, 0.3) is 11.3 Å². The number of hydrogen-bond donors (Lipinski definition) is 1. The van der Waals surface area contributed by atoms with E-state index in [1.165, 1.54) is 0 Å². The van der Waals surface area contributed by atoms with E-state index in [1.807, 2.05) is 43.0 Å². The van der Waals surface area contributed by atoms with Crippen LogP contribution in [0.2, 0.25) is 10.0 Å². The Morgan fingerprint density at radius 3 is 2.54 bits per heavy atom. The van der Waals surface area contributed by atoms with Crippen LogP contribution in [-0.4, -0.2) is 55.2 Å². The van der Waals surface area contributed by atoms with E-state index in [9.17, 15) is 13.5 Å². The molecule has 1 aromatic heterocycles. The molecule has 1 N–H and O–H groups in total. The van der Waals surface area contributed by atoms with E-state index in [4.69, 9.17) is 32.4 Å². The van der Waals surface area contributed by atoms with Gasteiger partial charge in [0.05, 0.1) is 23.1 Å². The van der Waals surface area contributed by atoms with Gasteiger partial charge in [-0.15, -0.1) is 0 Å². The Hall–Kier alpha value is -2.03. The molecule has 4 rings (SSSR count). The van der Waals surface area contributed by atoms with Gasteiger partial charge in [-0.05, 0) is 73.9 Å². The maximum Gasteiger partial charge on any atom is 0.151 e. The Balaban J connectivity index is 1.47. The second kappa shape index (κ2) is 10.9. The highest BCUT2D eigenvalue weighted by Crippen LogP contribution is 2.32. The number of furan rings is 1. The molecule has 2 heterocycles. The van der Waals surface area contributed by atoms with Gasteiger partial charge < -0.3 is 14.3 Å². The van der Waals surface area contributed by atoms with E-state index in [0.717, 1.165) is 11.1 Å². The first kappa shape index (κ1) is 26.0.